The maximum atomic E-state index is 12.3. The van der Waals surface area contributed by atoms with Crippen molar-refractivity contribution in [2.45, 2.75) is 19.8 Å². The molecular weight excluding hydrogens is 288 g/mol. The Labute approximate surface area is 133 Å². The lowest BCUT2D eigenvalue weighted by atomic mass is 10.1. The Hall–Kier alpha value is -1.26. The van der Waals surface area contributed by atoms with E-state index >= 15 is 0 Å². The van der Waals surface area contributed by atoms with Gasteiger partial charge in [-0.1, -0.05) is 25.1 Å². The minimum atomic E-state index is 0. The second kappa shape index (κ2) is 9.64. The van der Waals surface area contributed by atoms with Gasteiger partial charge in [-0.3, -0.25) is 4.79 Å². The van der Waals surface area contributed by atoms with Crippen LogP contribution in [0.25, 0.3) is 0 Å². The van der Waals surface area contributed by atoms with E-state index in [9.17, 15) is 4.79 Å². The first-order valence-corrected chi connectivity index (χ1v) is 7.45. The first-order chi connectivity index (χ1) is 9.77. The number of nitrogens with zero attached hydrogens (tertiary/aromatic N) is 1. The van der Waals surface area contributed by atoms with Gasteiger partial charge in [0.15, 0.2) is 0 Å². The van der Waals surface area contributed by atoms with Gasteiger partial charge < -0.3 is 15.0 Å². The second-order valence-corrected chi connectivity index (χ2v) is 5.28. The molecule has 1 amide bonds. The molecule has 1 aromatic carbocycles. The van der Waals surface area contributed by atoms with E-state index in [0.717, 1.165) is 44.8 Å². The molecule has 1 aromatic rings. The number of halogens is 1. The second-order valence-electron chi connectivity index (χ2n) is 5.28. The molecule has 1 aliphatic heterocycles. The van der Waals surface area contributed by atoms with Crippen molar-refractivity contribution in [1.29, 1.82) is 0 Å². The smallest absolute Gasteiger partial charge is 0.225 e. The largest absolute Gasteiger partial charge is 0.494 e. The van der Waals surface area contributed by atoms with Crippen LogP contribution in [-0.2, 0) is 4.79 Å². The van der Waals surface area contributed by atoms with Gasteiger partial charge >= 0.3 is 0 Å². The highest BCUT2D eigenvalue weighted by Crippen LogP contribution is 2.12. The van der Waals surface area contributed by atoms with E-state index in [1.165, 1.54) is 0 Å². The van der Waals surface area contributed by atoms with Crippen LogP contribution in [0.5, 0.6) is 5.75 Å². The summed E-state index contributed by atoms with van der Waals surface area (Å²) in [6.07, 6.45) is 1.80. The Bertz CT molecular complexity index is 406. The quantitative estimate of drug-likeness (QED) is 0.907. The normalized spacial score (nSPS) is 16.5. The van der Waals surface area contributed by atoms with Crippen molar-refractivity contribution >= 4 is 18.3 Å². The van der Waals surface area contributed by atoms with Crippen LogP contribution in [0.15, 0.2) is 30.3 Å². The van der Waals surface area contributed by atoms with Crippen molar-refractivity contribution in [3.63, 3.8) is 0 Å². The average Bonchev–Trinajstić information content (AvgIpc) is 2.76. The number of ether oxygens (including phenoxy) is 1. The summed E-state index contributed by atoms with van der Waals surface area (Å²) < 4.78 is 5.66. The average molecular weight is 313 g/mol. The van der Waals surface area contributed by atoms with Crippen LogP contribution in [0.2, 0.25) is 0 Å². The number of para-hydroxylation sites is 1. The SMILES string of the molecule is CC(CCOc1ccccc1)C(=O)N1CCCNCC1.Cl. The van der Waals surface area contributed by atoms with E-state index in [4.69, 9.17) is 4.74 Å². The molecule has 1 saturated heterocycles. The van der Waals surface area contributed by atoms with Gasteiger partial charge in [-0.05, 0) is 31.5 Å². The molecule has 2 rings (SSSR count). The van der Waals surface area contributed by atoms with E-state index in [1.54, 1.807) is 0 Å². The van der Waals surface area contributed by atoms with Crippen molar-refractivity contribution in [2.75, 3.05) is 32.8 Å². The van der Waals surface area contributed by atoms with Crippen LogP contribution in [0.3, 0.4) is 0 Å². The monoisotopic (exact) mass is 312 g/mol. The third-order valence-corrected chi connectivity index (χ3v) is 3.64. The van der Waals surface area contributed by atoms with Gasteiger partial charge in [0.2, 0.25) is 5.91 Å². The van der Waals surface area contributed by atoms with Crippen LogP contribution in [0.4, 0.5) is 0 Å². The number of nitrogens with one attached hydrogen (secondary N) is 1. The van der Waals surface area contributed by atoms with E-state index in [2.05, 4.69) is 5.32 Å². The summed E-state index contributed by atoms with van der Waals surface area (Å²) in [5.74, 6) is 1.15. The molecule has 1 fully saturated rings. The Balaban J connectivity index is 0.00000220. The molecule has 0 saturated carbocycles. The zero-order valence-electron chi connectivity index (χ0n) is 12.6. The summed E-state index contributed by atoms with van der Waals surface area (Å²) in [7, 11) is 0. The molecule has 0 bridgehead atoms. The van der Waals surface area contributed by atoms with Gasteiger partial charge in [0.05, 0.1) is 6.61 Å². The van der Waals surface area contributed by atoms with E-state index in [1.807, 2.05) is 42.2 Å². The summed E-state index contributed by atoms with van der Waals surface area (Å²) in [4.78, 5) is 14.3. The first-order valence-electron chi connectivity index (χ1n) is 7.45. The molecular formula is C16H25ClN2O2. The molecule has 1 N–H and O–H groups in total. The third kappa shape index (κ3) is 5.94. The molecule has 21 heavy (non-hydrogen) atoms. The molecule has 1 atom stereocenters. The number of hydrogen-bond donors (Lipinski definition) is 1. The minimum Gasteiger partial charge on any atom is -0.494 e. The molecule has 0 radical (unpaired) electrons. The number of amides is 1. The van der Waals surface area contributed by atoms with Crippen LogP contribution in [-0.4, -0.2) is 43.6 Å². The number of carbonyl (C=O) groups excluding carboxylic acids is 1. The fourth-order valence-corrected chi connectivity index (χ4v) is 2.37. The fraction of sp³-hybridized carbons (Fsp3) is 0.562. The van der Waals surface area contributed by atoms with Crippen LogP contribution in [0.1, 0.15) is 19.8 Å². The molecule has 1 heterocycles. The summed E-state index contributed by atoms with van der Waals surface area (Å²) in [6, 6.07) is 9.74. The van der Waals surface area contributed by atoms with Gasteiger partial charge in [0.1, 0.15) is 5.75 Å². The zero-order chi connectivity index (χ0) is 14.2. The molecule has 5 heteroatoms. The predicted octanol–water partition coefficient (Wildman–Crippen LogP) is 2.34. The summed E-state index contributed by atoms with van der Waals surface area (Å²) in [5.41, 5.74) is 0. The van der Waals surface area contributed by atoms with Gasteiger partial charge in [0.25, 0.3) is 0 Å². The Morgan fingerprint density at radius 3 is 2.81 bits per heavy atom. The van der Waals surface area contributed by atoms with Gasteiger partial charge in [0, 0.05) is 25.6 Å². The van der Waals surface area contributed by atoms with Crippen molar-refractivity contribution in [2.24, 2.45) is 5.92 Å². The van der Waals surface area contributed by atoms with Crippen LogP contribution < -0.4 is 10.1 Å². The molecule has 1 aliphatic rings. The maximum Gasteiger partial charge on any atom is 0.225 e. The first kappa shape index (κ1) is 17.8. The fourth-order valence-electron chi connectivity index (χ4n) is 2.37. The maximum absolute atomic E-state index is 12.3. The third-order valence-electron chi connectivity index (χ3n) is 3.64. The molecule has 0 spiro atoms. The number of benzene rings is 1. The lowest BCUT2D eigenvalue weighted by Gasteiger charge is -2.23. The zero-order valence-corrected chi connectivity index (χ0v) is 13.4. The van der Waals surface area contributed by atoms with Crippen molar-refractivity contribution in [3.8, 4) is 5.75 Å². The van der Waals surface area contributed by atoms with E-state index < -0.39 is 0 Å². The van der Waals surface area contributed by atoms with Gasteiger partial charge in [-0.15, -0.1) is 12.4 Å². The Morgan fingerprint density at radius 2 is 2.05 bits per heavy atom. The van der Waals surface area contributed by atoms with Crippen molar-refractivity contribution in [3.05, 3.63) is 30.3 Å². The molecule has 118 valence electrons. The number of rotatable bonds is 5. The number of carbonyl (C=O) groups is 1. The summed E-state index contributed by atoms with van der Waals surface area (Å²) in [6.45, 7) is 6.19. The lowest BCUT2D eigenvalue weighted by molar-refractivity contribution is -0.135. The molecule has 0 aromatic heterocycles. The highest BCUT2D eigenvalue weighted by Gasteiger charge is 2.21. The molecule has 4 nitrogen and oxygen atoms in total. The highest BCUT2D eigenvalue weighted by atomic mass is 35.5. The number of hydrogen-bond acceptors (Lipinski definition) is 3. The lowest BCUT2D eigenvalue weighted by Crippen LogP contribution is -2.38. The highest BCUT2D eigenvalue weighted by molar-refractivity contribution is 5.85. The molecule has 0 aliphatic carbocycles. The van der Waals surface area contributed by atoms with Crippen LogP contribution in [0, 0.1) is 5.92 Å². The minimum absolute atomic E-state index is 0. The van der Waals surface area contributed by atoms with Crippen molar-refractivity contribution in [1.82, 2.24) is 10.2 Å². The topological polar surface area (TPSA) is 41.6 Å². The molecule has 1 unspecified atom stereocenters. The van der Waals surface area contributed by atoms with E-state index in [-0.39, 0.29) is 24.2 Å². The summed E-state index contributed by atoms with van der Waals surface area (Å²) >= 11 is 0. The van der Waals surface area contributed by atoms with Gasteiger partial charge in [-0.25, -0.2) is 0 Å². The van der Waals surface area contributed by atoms with E-state index in [0.29, 0.717) is 6.61 Å². The van der Waals surface area contributed by atoms with Crippen molar-refractivity contribution < 1.29 is 9.53 Å². The predicted molar refractivity (Wildman–Crippen MR) is 87.0 cm³/mol. The van der Waals surface area contributed by atoms with Gasteiger partial charge in [-0.2, -0.15) is 0 Å². The Morgan fingerprint density at radius 1 is 1.29 bits per heavy atom. The summed E-state index contributed by atoms with van der Waals surface area (Å²) in [5, 5.41) is 3.32. The van der Waals surface area contributed by atoms with Crippen LogP contribution >= 0.6 is 12.4 Å². The standard InChI is InChI=1S/C16H24N2O2.ClH/c1-14(8-13-20-15-6-3-2-4-7-15)16(19)18-11-5-9-17-10-12-18;/h2-4,6-7,14,17H,5,8-13H2,1H3;1H. The Kier molecular flexibility index (Phi) is 8.16.